The molecule has 0 spiro atoms. The van der Waals surface area contributed by atoms with Gasteiger partial charge in [-0.05, 0) is 42.0 Å². The standard InChI is InChI=1S/C18H14ClNO3/c19-12-3-4-15-13(10-12)14(18(21)20-15)8-11-2-5-16-17(9-11)23-7-1-6-22-16/h2-5,8-10H,1,6-7H2,(H,20,21)/b14-8+. The second kappa shape index (κ2) is 5.63. The van der Waals surface area contributed by atoms with Gasteiger partial charge >= 0.3 is 0 Å². The largest absolute Gasteiger partial charge is 0.490 e. The Morgan fingerprint density at radius 3 is 2.74 bits per heavy atom. The quantitative estimate of drug-likeness (QED) is 0.805. The lowest BCUT2D eigenvalue weighted by molar-refractivity contribution is -0.110. The molecule has 0 unspecified atom stereocenters. The fraction of sp³-hybridized carbons (Fsp3) is 0.167. The molecule has 0 bridgehead atoms. The molecule has 2 aromatic carbocycles. The first kappa shape index (κ1) is 14.2. The van der Waals surface area contributed by atoms with Crippen LogP contribution in [0.2, 0.25) is 5.02 Å². The third kappa shape index (κ3) is 2.66. The number of fused-ring (bicyclic) bond motifs is 2. The van der Waals surface area contributed by atoms with E-state index in [-0.39, 0.29) is 5.91 Å². The number of hydrogen-bond donors (Lipinski definition) is 1. The summed E-state index contributed by atoms with van der Waals surface area (Å²) >= 11 is 6.05. The van der Waals surface area contributed by atoms with Gasteiger partial charge in [-0.1, -0.05) is 17.7 Å². The number of rotatable bonds is 1. The van der Waals surface area contributed by atoms with Crippen LogP contribution < -0.4 is 14.8 Å². The van der Waals surface area contributed by atoms with Crippen molar-refractivity contribution in [3.8, 4) is 11.5 Å². The second-order valence-electron chi connectivity index (χ2n) is 5.46. The average Bonchev–Trinajstić information content (AvgIpc) is 2.73. The first-order chi connectivity index (χ1) is 11.2. The Balaban J connectivity index is 1.75. The zero-order chi connectivity index (χ0) is 15.8. The van der Waals surface area contributed by atoms with Crippen LogP contribution in [-0.4, -0.2) is 19.1 Å². The predicted octanol–water partition coefficient (Wildman–Crippen LogP) is 3.99. The van der Waals surface area contributed by atoms with Crippen LogP contribution in [-0.2, 0) is 4.79 Å². The SMILES string of the molecule is O=C1Nc2ccc(Cl)cc2/C1=C\c1ccc2c(c1)OCCCO2. The molecule has 0 atom stereocenters. The number of halogens is 1. The normalized spacial score (nSPS) is 17.6. The van der Waals surface area contributed by atoms with Gasteiger partial charge in [-0.2, -0.15) is 0 Å². The van der Waals surface area contributed by atoms with Crippen LogP contribution in [0.15, 0.2) is 36.4 Å². The summed E-state index contributed by atoms with van der Waals surface area (Å²) in [6, 6.07) is 11.0. The van der Waals surface area contributed by atoms with E-state index in [0.717, 1.165) is 29.0 Å². The highest BCUT2D eigenvalue weighted by Crippen LogP contribution is 2.36. The van der Waals surface area contributed by atoms with Crippen LogP contribution in [0.1, 0.15) is 17.5 Å². The number of benzene rings is 2. The molecule has 1 N–H and O–H groups in total. The Hall–Kier alpha value is -2.46. The molecule has 1 amide bonds. The molecular weight excluding hydrogens is 314 g/mol. The molecule has 2 aliphatic rings. The lowest BCUT2D eigenvalue weighted by Gasteiger charge is -2.08. The fourth-order valence-electron chi connectivity index (χ4n) is 2.74. The Kier molecular flexibility index (Phi) is 3.46. The average molecular weight is 328 g/mol. The summed E-state index contributed by atoms with van der Waals surface area (Å²) in [5.74, 6) is 1.32. The lowest BCUT2D eigenvalue weighted by Crippen LogP contribution is -2.03. The molecule has 2 aromatic rings. The van der Waals surface area contributed by atoms with Gasteiger partial charge in [-0.3, -0.25) is 4.79 Å². The van der Waals surface area contributed by atoms with Gasteiger partial charge in [0, 0.05) is 28.3 Å². The number of nitrogens with one attached hydrogen (secondary N) is 1. The Bertz CT molecular complexity index is 829. The van der Waals surface area contributed by atoms with Crippen molar-refractivity contribution in [3.63, 3.8) is 0 Å². The number of ether oxygens (including phenoxy) is 2. The van der Waals surface area contributed by atoms with Crippen molar-refractivity contribution in [1.82, 2.24) is 0 Å². The minimum atomic E-state index is -0.130. The number of amides is 1. The van der Waals surface area contributed by atoms with Crippen molar-refractivity contribution in [3.05, 3.63) is 52.5 Å². The van der Waals surface area contributed by atoms with Gasteiger partial charge in [0.05, 0.1) is 13.2 Å². The van der Waals surface area contributed by atoms with Crippen molar-refractivity contribution in [2.75, 3.05) is 18.5 Å². The summed E-state index contributed by atoms with van der Waals surface area (Å²) in [5.41, 5.74) is 3.07. The first-order valence-corrected chi connectivity index (χ1v) is 7.81. The molecule has 23 heavy (non-hydrogen) atoms. The molecule has 0 saturated heterocycles. The topological polar surface area (TPSA) is 47.6 Å². The van der Waals surface area contributed by atoms with Crippen LogP contribution >= 0.6 is 11.6 Å². The van der Waals surface area contributed by atoms with Gasteiger partial charge in [-0.15, -0.1) is 0 Å². The van der Waals surface area contributed by atoms with Crippen LogP contribution in [0, 0.1) is 0 Å². The van der Waals surface area contributed by atoms with Crippen LogP contribution in [0.4, 0.5) is 5.69 Å². The van der Waals surface area contributed by atoms with Crippen molar-refractivity contribution < 1.29 is 14.3 Å². The van der Waals surface area contributed by atoms with E-state index < -0.39 is 0 Å². The van der Waals surface area contributed by atoms with E-state index in [2.05, 4.69) is 5.32 Å². The highest BCUT2D eigenvalue weighted by molar-refractivity contribution is 6.36. The van der Waals surface area contributed by atoms with E-state index in [1.165, 1.54) is 0 Å². The maximum atomic E-state index is 12.2. The van der Waals surface area contributed by atoms with E-state index in [9.17, 15) is 4.79 Å². The minimum Gasteiger partial charge on any atom is -0.490 e. The Morgan fingerprint density at radius 2 is 1.87 bits per heavy atom. The lowest BCUT2D eigenvalue weighted by atomic mass is 10.0. The minimum absolute atomic E-state index is 0.130. The summed E-state index contributed by atoms with van der Waals surface area (Å²) in [6.45, 7) is 1.29. The zero-order valence-electron chi connectivity index (χ0n) is 12.3. The molecule has 0 aromatic heterocycles. The van der Waals surface area contributed by atoms with Gasteiger partial charge in [-0.25, -0.2) is 0 Å². The van der Waals surface area contributed by atoms with Crippen LogP contribution in [0.5, 0.6) is 11.5 Å². The molecule has 5 heteroatoms. The molecule has 4 nitrogen and oxygen atoms in total. The predicted molar refractivity (Wildman–Crippen MR) is 90.0 cm³/mol. The molecule has 116 valence electrons. The Morgan fingerprint density at radius 1 is 1.04 bits per heavy atom. The molecule has 0 aliphatic carbocycles. The van der Waals surface area contributed by atoms with Gasteiger partial charge in [0.2, 0.25) is 0 Å². The van der Waals surface area contributed by atoms with Crippen molar-refractivity contribution in [2.24, 2.45) is 0 Å². The first-order valence-electron chi connectivity index (χ1n) is 7.43. The number of carbonyl (C=O) groups is 1. The van der Waals surface area contributed by atoms with E-state index in [1.54, 1.807) is 12.1 Å². The molecule has 0 radical (unpaired) electrons. The molecule has 4 rings (SSSR count). The van der Waals surface area contributed by atoms with Crippen molar-refractivity contribution in [2.45, 2.75) is 6.42 Å². The number of carbonyl (C=O) groups excluding carboxylic acids is 1. The third-order valence-corrected chi connectivity index (χ3v) is 4.08. The highest BCUT2D eigenvalue weighted by atomic mass is 35.5. The number of anilines is 1. The summed E-state index contributed by atoms with van der Waals surface area (Å²) in [5, 5.41) is 3.45. The summed E-state index contributed by atoms with van der Waals surface area (Å²) in [4.78, 5) is 12.2. The summed E-state index contributed by atoms with van der Waals surface area (Å²) in [6.07, 6.45) is 2.70. The van der Waals surface area contributed by atoms with Gasteiger partial charge in [0.15, 0.2) is 11.5 Å². The van der Waals surface area contributed by atoms with Crippen molar-refractivity contribution in [1.29, 1.82) is 0 Å². The van der Waals surface area contributed by atoms with Gasteiger partial charge in [0.1, 0.15) is 0 Å². The number of hydrogen-bond acceptors (Lipinski definition) is 3. The Labute approximate surface area is 138 Å². The van der Waals surface area contributed by atoms with E-state index in [4.69, 9.17) is 21.1 Å². The molecule has 2 aliphatic heterocycles. The fourth-order valence-corrected chi connectivity index (χ4v) is 2.91. The van der Waals surface area contributed by atoms with E-state index >= 15 is 0 Å². The third-order valence-electron chi connectivity index (χ3n) is 3.85. The second-order valence-corrected chi connectivity index (χ2v) is 5.90. The van der Waals surface area contributed by atoms with E-state index in [0.29, 0.717) is 29.6 Å². The zero-order valence-corrected chi connectivity index (χ0v) is 13.0. The maximum absolute atomic E-state index is 12.2. The maximum Gasteiger partial charge on any atom is 0.256 e. The van der Waals surface area contributed by atoms with Crippen molar-refractivity contribution >= 4 is 34.8 Å². The summed E-state index contributed by atoms with van der Waals surface area (Å²) in [7, 11) is 0. The van der Waals surface area contributed by atoms with Crippen LogP contribution in [0.3, 0.4) is 0 Å². The van der Waals surface area contributed by atoms with E-state index in [1.807, 2.05) is 30.3 Å². The molecule has 2 heterocycles. The molecule has 0 saturated carbocycles. The molecular formula is C18H14ClNO3. The summed E-state index contributed by atoms with van der Waals surface area (Å²) < 4.78 is 11.3. The smallest absolute Gasteiger partial charge is 0.256 e. The monoisotopic (exact) mass is 327 g/mol. The van der Waals surface area contributed by atoms with Gasteiger partial charge < -0.3 is 14.8 Å². The highest BCUT2D eigenvalue weighted by Gasteiger charge is 2.24. The van der Waals surface area contributed by atoms with Gasteiger partial charge in [0.25, 0.3) is 5.91 Å². The van der Waals surface area contributed by atoms with Crippen LogP contribution in [0.25, 0.3) is 11.6 Å². The molecule has 0 fully saturated rings.